The van der Waals surface area contributed by atoms with Crippen LogP contribution in [0, 0.1) is 0 Å². The smallest absolute Gasteiger partial charge is 0.308 e. The minimum Gasteiger partial charge on any atom is -0.308 e. The molecule has 0 atom stereocenters. The molecule has 0 aliphatic heterocycles. The summed E-state index contributed by atoms with van der Waals surface area (Å²) in [4.78, 5) is -1.30. The lowest BCUT2D eigenvalue weighted by molar-refractivity contribution is 0.169. The Morgan fingerprint density at radius 2 is 0.744 bits per heavy atom. The number of unbranched alkanes of at least 4 members (excludes halogenated alkanes) is 14. The molecule has 0 bridgehead atoms. The van der Waals surface area contributed by atoms with Gasteiger partial charge >= 0.3 is 15.2 Å². The first-order chi connectivity index (χ1) is 18.9. The maximum absolute atomic E-state index is 14.6. The average Bonchev–Trinajstić information content (AvgIpc) is 2.90. The zero-order valence-electron chi connectivity index (χ0n) is 26.0. The summed E-state index contributed by atoms with van der Waals surface area (Å²) >= 11 is 0. The highest BCUT2D eigenvalue weighted by Gasteiger charge is 2.64. The summed E-state index contributed by atoms with van der Waals surface area (Å²) in [6, 6.07) is 0. The summed E-state index contributed by atoms with van der Waals surface area (Å²) in [6.45, 7) is 15.7. The van der Waals surface area contributed by atoms with Crippen LogP contribution < -0.4 is 0 Å². The predicted molar refractivity (Wildman–Crippen MR) is 168 cm³/mol. The van der Waals surface area contributed by atoms with Crippen molar-refractivity contribution in [1.29, 1.82) is 0 Å². The summed E-state index contributed by atoms with van der Waals surface area (Å²) < 4.78 is 52.8. The predicted octanol–water partition coefficient (Wildman–Crippen LogP) is 11.6. The van der Waals surface area contributed by atoms with Crippen molar-refractivity contribution < 1.29 is 27.2 Å². The standard InChI is InChI=1S/C31H62O6P2/c1-7-13-15-17-19-21-23-25-27-29-31(38(32,34-9-3)35-10-4,39(33,36-11-5)37-12-6)30-28-26-24-22-20-18-16-14-8-2/h7-8H,1-2,9-30H2,3-6H3. The fourth-order valence-electron chi connectivity index (χ4n) is 5.22. The summed E-state index contributed by atoms with van der Waals surface area (Å²) in [7, 11) is -7.64. The lowest BCUT2D eigenvalue weighted by Crippen LogP contribution is -2.33. The van der Waals surface area contributed by atoms with Crippen LogP contribution in [0.2, 0.25) is 0 Å². The number of hydrogen-bond acceptors (Lipinski definition) is 6. The lowest BCUT2D eigenvalue weighted by atomic mass is 10.0. The Hall–Kier alpha value is -0.220. The molecule has 8 heteroatoms. The Labute approximate surface area is 242 Å². The normalized spacial score (nSPS) is 12.6. The molecule has 6 nitrogen and oxygen atoms in total. The summed E-state index contributed by atoms with van der Waals surface area (Å²) in [6.07, 6.45) is 22.3. The van der Waals surface area contributed by atoms with E-state index >= 15 is 0 Å². The van der Waals surface area contributed by atoms with Crippen LogP contribution in [0.5, 0.6) is 0 Å². The van der Waals surface area contributed by atoms with Crippen molar-refractivity contribution in [3.8, 4) is 0 Å². The van der Waals surface area contributed by atoms with Crippen molar-refractivity contribution in [2.24, 2.45) is 0 Å². The molecule has 0 aromatic carbocycles. The van der Waals surface area contributed by atoms with Crippen LogP contribution in [0.1, 0.15) is 143 Å². The van der Waals surface area contributed by atoms with Gasteiger partial charge in [-0.2, -0.15) is 0 Å². The molecule has 0 aromatic heterocycles. The molecule has 0 N–H and O–H groups in total. The Morgan fingerprint density at radius 1 is 0.487 bits per heavy atom. The zero-order chi connectivity index (χ0) is 29.3. The van der Waals surface area contributed by atoms with E-state index in [1.54, 1.807) is 27.7 Å². The number of allylic oxidation sites excluding steroid dienone is 2. The maximum Gasteiger partial charge on any atom is 0.348 e. The van der Waals surface area contributed by atoms with E-state index in [1.165, 1.54) is 51.4 Å². The van der Waals surface area contributed by atoms with Gasteiger partial charge in [0, 0.05) is 0 Å². The summed E-state index contributed by atoms with van der Waals surface area (Å²) in [5.74, 6) is 0. The van der Waals surface area contributed by atoms with Crippen molar-refractivity contribution in [3.05, 3.63) is 25.3 Å². The van der Waals surface area contributed by atoms with Crippen LogP contribution in [-0.4, -0.2) is 31.3 Å². The van der Waals surface area contributed by atoms with E-state index < -0.39 is 20.1 Å². The molecule has 39 heavy (non-hydrogen) atoms. The quantitative estimate of drug-likeness (QED) is 0.0469. The van der Waals surface area contributed by atoms with E-state index in [1.807, 2.05) is 12.2 Å². The van der Waals surface area contributed by atoms with E-state index in [-0.39, 0.29) is 26.4 Å². The van der Waals surface area contributed by atoms with Crippen LogP contribution in [0.4, 0.5) is 0 Å². The van der Waals surface area contributed by atoms with E-state index in [9.17, 15) is 9.13 Å². The van der Waals surface area contributed by atoms with Crippen LogP contribution in [0.25, 0.3) is 0 Å². The second-order valence-corrected chi connectivity index (χ2v) is 15.3. The molecule has 0 radical (unpaired) electrons. The van der Waals surface area contributed by atoms with Gasteiger partial charge in [-0.25, -0.2) is 0 Å². The highest BCUT2D eigenvalue weighted by atomic mass is 31.2. The first-order valence-electron chi connectivity index (χ1n) is 15.9. The van der Waals surface area contributed by atoms with Gasteiger partial charge in [-0.05, 0) is 66.2 Å². The highest BCUT2D eigenvalue weighted by molar-refractivity contribution is 7.74. The SMILES string of the molecule is C=CCCCCCCCCCC(CCCCCCCCCC=C)(P(=O)(OCC)OCC)P(=O)(OCC)OCC. The largest absolute Gasteiger partial charge is 0.348 e. The monoisotopic (exact) mass is 592 g/mol. The van der Waals surface area contributed by atoms with E-state index in [2.05, 4.69) is 13.2 Å². The van der Waals surface area contributed by atoms with Gasteiger partial charge in [0.25, 0.3) is 0 Å². The minimum atomic E-state index is -3.82. The molecule has 0 fully saturated rings. The first-order valence-corrected chi connectivity index (χ1v) is 19.0. The third-order valence-electron chi connectivity index (χ3n) is 7.19. The first kappa shape index (κ1) is 38.8. The number of rotatable bonds is 30. The van der Waals surface area contributed by atoms with Crippen LogP contribution >= 0.6 is 15.2 Å². The Morgan fingerprint density at radius 3 is 1.00 bits per heavy atom. The van der Waals surface area contributed by atoms with Gasteiger partial charge in [-0.3, -0.25) is 9.13 Å². The molecule has 0 aliphatic rings. The third kappa shape index (κ3) is 14.5. The maximum atomic E-state index is 14.6. The van der Waals surface area contributed by atoms with Crippen LogP contribution in [0.15, 0.2) is 25.3 Å². The lowest BCUT2D eigenvalue weighted by Gasteiger charge is -2.42. The number of hydrogen-bond donors (Lipinski definition) is 0. The molecule has 0 saturated heterocycles. The highest BCUT2D eigenvalue weighted by Crippen LogP contribution is 2.81. The Bertz CT molecular complexity index is 619. The van der Waals surface area contributed by atoms with Crippen molar-refractivity contribution in [1.82, 2.24) is 0 Å². The molecule has 232 valence electrons. The Balaban J connectivity index is 5.70. The van der Waals surface area contributed by atoms with E-state index in [0.29, 0.717) is 12.8 Å². The molecule has 0 unspecified atom stereocenters. The van der Waals surface area contributed by atoms with Gasteiger partial charge in [0.15, 0.2) is 4.90 Å². The van der Waals surface area contributed by atoms with Gasteiger partial charge in [-0.15, -0.1) is 13.2 Å². The molecule has 0 amide bonds. The fourth-order valence-corrected chi connectivity index (χ4v) is 11.3. The molecule has 0 aromatic rings. The summed E-state index contributed by atoms with van der Waals surface area (Å²) in [5, 5.41) is 0. The van der Waals surface area contributed by atoms with Gasteiger partial charge in [0.1, 0.15) is 0 Å². The Kier molecular flexibility index (Phi) is 24.2. The molecular formula is C31H62O6P2. The van der Waals surface area contributed by atoms with Gasteiger partial charge in [-0.1, -0.05) is 89.2 Å². The van der Waals surface area contributed by atoms with E-state index in [0.717, 1.165) is 51.4 Å². The van der Waals surface area contributed by atoms with Crippen molar-refractivity contribution >= 4 is 15.2 Å². The molecule has 0 rings (SSSR count). The molecule has 0 aliphatic carbocycles. The minimum absolute atomic E-state index is 0.215. The topological polar surface area (TPSA) is 71.1 Å². The second-order valence-electron chi connectivity index (χ2n) is 10.3. The molecule has 0 spiro atoms. The molecule has 0 heterocycles. The molecular weight excluding hydrogens is 530 g/mol. The van der Waals surface area contributed by atoms with E-state index in [4.69, 9.17) is 18.1 Å². The second kappa shape index (κ2) is 24.4. The van der Waals surface area contributed by atoms with Crippen molar-refractivity contribution in [2.75, 3.05) is 26.4 Å². The average molecular weight is 593 g/mol. The van der Waals surface area contributed by atoms with Crippen molar-refractivity contribution in [3.63, 3.8) is 0 Å². The molecule has 0 saturated carbocycles. The van der Waals surface area contributed by atoms with Crippen LogP contribution in [-0.2, 0) is 27.2 Å². The fraction of sp³-hybridized carbons (Fsp3) is 0.871. The van der Waals surface area contributed by atoms with Gasteiger partial charge in [0.2, 0.25) is 0 Å². The third-order valence-corrected chi connectivity index (χ3v) is 14.0. The zero-order valence-corrected chi connectivity index (χ0v) is 27.8. The van der Waals surface area contributed by atoms with Crippen LogP contribution in [0.3, 0.4) is 0 Å². The summed E-state index contributed by atoms with van der Waals surface area (Å²) in [5.41, 5.74) is 0. The van der Waals surface area contributed by atoms with Crippen molar-refractivity contribution in [2.45, 2.75) is 148 Å². The van der Waals surface area contributed by atoms with Gasteiger partial charge in [0.05, 0.1) is 26.4 Å². The van der Waals surface area contributed by atoms with Gasteiger partial charge < -0.3 is 18.1 Å².